The van der Waals surface area contributed by atoms with Gasteiger partial charge in [-0.1, -0.05) is 146 Å². The summed E-state index contributed by atoms with van der Waals surface area (Å²) < 4.78 is 9.05. The molecule has 1 aliphatic heterocycles. The minimum atomic E-state index is 0.137. The lowest BCUT2D eigenvalue weighted by molar-refractivity contribution is 0.669. The first-order valence-corrected chi connectivity index (χ1v) is 22.1. The van der Waals surface area contributed by atoms with E-state index < -0.39 is 0 Å². The van der Waals surface area contributed by atoms with Gasteiger partial charge < -0.3 is 14.2 Å². The van der Waals surface area contributed by atoms with E-state index in [2.05, 4.69) is 216 Å². The molecule has 292 valence electrons. The van der Waals surface area contributed by atoms with E-state index in [0.29, 0.717) is 0 Å². The van der Waals surface area contributed by atoms with Gasteiger partial charge in [-0.05, 0) is 99.4 Å². The summed E-state index contributed by atoms with van der Waals surface area (Å²) in [5, 5.41) is 7.37. The molecule has 0 N–H and O–H groups in total. The van der Waals surface area contributed by atoms with Crippen LogP contribution in [0.15, 0.2) is 211 Å². The molecule has 0 amide bonds. The van der Waals surface area contributed by atoms with Crippen LogP contribution in [0.25, 0.3) is 76.5 Å². The number of rotatable bonds is 6. The molecule has 11 aromatic rings. The fourth-order valence-electron chi connectivity index (χ4n) is 10.2. The van der Waals surface area contributed by atoms with Gasteiger partial charge in [0.2, 0.25) is 0 Å². The number of furan rings is 1. The quantitative estimate of drug-likeness (QED) is 0.167. The van der Waals surface area contributed by atoms with Crippen molar-refractivity contribution in [3.63, 3.8) is 0 Å². The maximum atomic E-state index is 6.47. The summed E-state index contributed by atoms with van der Waals surface area (Å²) in [6.45, 7) is 0. The van der Waals surface area contributed by atoms with Gasteiger partial charge in [-0.25, -0.2) is 0 Å². The normalized spacial score (nSPS) is 15.3. The topological polar surface area (TPSA) is 19.6 Å². The summed E-state index contributed by atoms with van der Waals surface area (Å²) in [6.07, 6.45) is 4.95. The van der Waals surface area contributed by atoms with Gasteiger partial charge in [0.1, 0.15) is 11.2 Å². The number of benzene rings is 9. The average Bonchev–Trinajstić information content (AvgIpc) is 4.00. The van der Waals surface area contributed by atoms with Gasteiger partial charge in [0, 0.05) is 71.2 Å². The Hall–Kier alpha value is -7.66. The number of nitrogens with zero attached hydrogens (tertiary/aromatic N) is 2. The number of hydrogen-bond acceptors (Lipinski definition) is 4. The van der Waals surface area contributed by atoms with E-state index in [9.17, 15) is 0 Å². The van der Waals surface area contributed by atoms with Gasteiger partial charge in [-0.15, -0.1) is 11.3 Å². The number of hydrogen-bond donors (Lipinski definition) is 0. The first-order chi connectivity index (χ1) is 30.7. The third kappa shape index (κ3) is 5.50. The van der Waals surface area contributed by atoms with E-state index in [4.69, 9.17) is 4.42 Å². The van der Waals surface area contributed by atoms with Crippen LogP contribution < -0.4 is 20.2 Å². The third-order valence-corrected chi connectivity index (χ3v) is 14.1. The molecular weight excluding hydrogens is 773 g/mol. The van der Waals surface area contributed by atoms with Gasteiger partial charge >= 0.3 is 0 Å². The zero-order valence-corrected chi connectivity index (χ0v) is 34.5. The molecule has 2 aliphatic rings. The molecule has 0 saturated heterocycles. The molecule has 62 heavy (non-hydrogen) atoms. The van der Waals surface area contributed by atoms with Gasteiger partial charge in [0.15, 0.2) is 0 Å². The number of anilines is 5. The lowest BCUT2D eigenvalue weighted by atomic mass is 9.88. The van der Waals surface area contributed by atoms with E-state index in [1.807, 2.05) is 23.5 Å². The predicted octanol–water partition coefficient (Wildman–Crippen LogP) is 14.6. The standard InChI is InChI=1S/C58H38N2OS/c1-2-13-37(14-3-1)44-20-12-22-52(60-51-21-9-6-17-45(51)49-33-39-15-4-5-16-40(39)34-53(49)60)58(44)38-25-27-41(28-26-38)59(42-30-32-57-50(35-42)48-19-8-11-24-56(48)62-57)43-29-31-47-46-18-7-10-23-54(46)61-55(47)36-43/h1-36,49,53H. The SMILES string of the molecule is C1=c2ccccc2=CC2C1c1ccccc1N2c1cccc(-c2ccccc2)c1-c1ccc(N(c2ccc3c(c2)oc2ccccc23)c2ccc3sc4ccccc4c3c2)cc1. The second-order valence-electron chi connectivity index (χ2n) is 16.4. The summed E-state index contributed by atoms with van der Waals surface area (Å²) in [6, 6.07) is 75.3. The van der Waals surface area contributed by atoms with E-state index in [-0.39, 0.29) is 12.0 Å². The molecule has 1 aliphatic carbocycles. The zero-order chi connectivity index (χ0) is 40.7. The Balaban J connectivity index is 0.996. The second kappa shape index (κ2) is 14.0. The van der Waals surface area contributed by atoms with Crippen molar-refractivity contribution < 1.29 is 4.42 Å². The van der Waals surface area contributed by atoms with Crippen LogP contribution in [-0.2, 0) is 0 Å². The molecule has 0 spiro atoms. The average molecular weight is 811 g/mol. The molecule has 2 unspecified atom stereocenters. The van der Waals surface area contributed by atoms with Crippen molar-refractivity contribution in [3.05, 3.63) is 222 Å². The van der Waals surface area contributed by atoms with Crippen LogP contribution >= 0.6 is 11.3 Å². The Morgan fingerprint density at radius 2 is 1.10 bits per heavy atom. The van der Waals surface area contributed by atoms with E-state index in [1.54, 1.807) is 0 Å². The van der Waals surface area contributed by atoms with Crippen molar-refractivity contribution in [2.24, 2.45) is 0 Å². The molecule has 0 bridgehead atoms. The molecule has 2 atom stereocenters. The van der Waals surface area contributed by atoms with Crippen molar-refractivity contribution in [2.45, 2.75) is 12.0 Å². The van der Waals surface area contributed by atoms with E-state index >= 15 is 0 Å². The summed E-state index contributed by atoms with van der Waals surface area (Å²) in [5.41, 5.74) is 13.6. The Labute approximate surface area is 363 Å². The summed E-state index contributed by atoms with van der Waals surface area (Å²) in [5.74, 6) is 0.243. The summed E-state index contributed by atoms with van der Waals surface area (Å²) >= 11 is 1.85. The minimum absolute atomic E-state index is 0.137. The van der Waals surface area contributed by atoms with Crippen LogP contribution in [0.3, 0.4) is 0 Å². The summed E-state index contributed by atoms with van der Waals surface area (Å²) in [4.78, 5) is 4.97. The maximum Gasteiger partial charge on any atom is 0.137 e. The minimum Gasteiger partial charge on any atom is -0.456 e. The molecule has 0 radical (unpaired) electrons. The Morgan fingerprint density at radius 3 is 1.98 bits per heavy atom. The third-order valence-electron chi connectivity index (χ3n) is 13.0. The highest BCUT2D eigenvalue weighted by molar-refractivity contribution is 7.25. The highest BCUT2D eigenvalue weighted by Crippen LogP contribution is 2.52. The highest BCUT2D eigenvalue weighted by atomic mass is 32.1. The van der Waals surface area contributed by atoms with Gasteiger partial charge in [0.05, 0.1) is 11.7 Å². The molecule has 2 aromatic heterocycles. The van der Waals surface area contributed by atoms with Crippen molar-refractivity contribution in [2.75, 3.05) is 9.80 Å². The first-order valence-electron chi connectivity index (χ1n) is 21.3. The Kier molecular flexibility index (Phi) is 7.91. The van der Waals surface area contributed by atoms with Crippen LogP contribution in [0.1, 0.15) is 11.5 Å². The zero-order valence-electron chi connectivity index (χ0n) is 33.7. The molecule has 3 nitrogen and oxygen atoms in total. The second-order valence-corrected chi connectivity index (χ2v) is 17.5. The molecule has 0 saturated carbocycles. The van der Waals surface area contributed by atoms with Gasteiger partial charge in [-0.3, -0.25) is 0 Å². The number of thiophene rings is 1. The highest BCUT2D eigenvalue weighted by Gasteiger charge is 2.39. The molecule has 3 heterocycles. The lowest BCUT2D eigenvalue weighted by Crippen LogP contribution is -2.38. The molecule has 0 fully saturated rings. The number of para-hydroxylation sites is 2. The largest absolute Gasteiger partial charge is 0.456 e. The van der Waals surface area contributed by atoms with Crippen LogP contribution in [0, 0.1) is 0 Å². The van der Waals surface area contributed by atoms with E-state index in [0.717, 1.165) is 44.6 Å². The van der Waals surface area contributed by atoms with Gasteiger partial charge in [-0.2, -0.15) is 0 Å². The Morgan fingerprint density at radius 1 is 0.435 bits per heavy atom. The van der Waals surface area contributed by atoms with Crippen molar-refractivity contribution in [3.8, 4) is 22.3 Å². The van der Waals surface area contributed by atoms with Crippen LogP contribution in [0.5, 0.6) is 0 Å². The van der Waals surface area contributed by atoms with Crippen LogP contribution in [0.4, 0.5) is 28.4 Å². The molecule has 4 heteroatoms. The Bertz CT molecular complexity index is 3680. The monoisotopic (exact) mass is 810 g/mol. The van der Waals surface area contributed by atoms with Crippen LogP contribution in [0.2, 0.25) is 0 Å². The van der Waals surface area contributed by atoms with Crippen molar-refractivity contribution in [1.82, 2.24) is 0 Å². The van der Waals surface area contributed by atoms with Crippen molar-refractivity contribution >= 4 is 94.0 Å². The smallest absolute Gasteiger partial charge is 0.137 e. The fraction of sp³-hybridized carbons (Fsp3) is 0.0345. The molecular formula is C58H38N2OS. The van der Waals surface area contributed by atoms with E-state index in [1.165, 1.54) is 64.2 Å². The summed E-state index contributed by atoms with van der Waals surface area (Å²) in [7, 11) is 0. The first kappa shape index (κ1) is 35.1. The lowest BCUT2D eigenvalue weighted by Gasteiger charge is -2.32. The molecule has 13 rings (SSSR count). The van der Waals surface area contributed by atoms with Gasteiger partial charge in [0.25, 0.3) is 0 Å². The molecule has 9 aromatic carbocycles. The van der Waals surface area contributed by atoms with Crippen molar-refractivity contribution in [1.29, 1.82) is 0 Å². The fourth-order valence-corrected chi connectivity index (χ4v) is 11.3. The predicted molar refractivity (Wildman–Crippen MR) is 262 cm³/mol. The number of fused-ring (bicyclic) bond motifs is 10. The maximum absolute atomic E-state index is 6.47. The van der Waals surface area contributed by atoms with Crippen LogP contribution in [-0.4, -0.2) is 6.04 Å².